The summed E-state index contributed by atoms with van der Waals surface area (Å²) >= 11 is 0. The van der Waals surface area contributed by atoms with Crippen LogP contribution in [0.1, 0.15) is 75.8 Å². The Hall–Kier alpha value is -1.24. The van der Waals surface area contributed by atoms with Crippen LogP contribution in [-0.2, 0) is 26.7 Å². The largest absolute Gasteiger partial charge is 0.469 e. The molecule has 1 heterocycles. The SMILES string of the molecule is CCCCc1ccc(CCCCCCCCC(=O)N2CC(OP(=O)(O)O)C2)cc1.N. The molecule has 1 amide bonds. The van der Waals surface area contributed by atoms with Gasteiger partial charge in [0.05, 0.1) is 0 Å². The van der Waals surface area contributed by atoms with Gasteiger partial charge in [-0.3, -0.25) is 9.32 Å². The van der Waals surface area contributed by atoms with Crippen molar-refractivity contribution in [2.45, 2.75) is 83.7 Å². The molecule has 30 heavy (non-hydrogen) atoms. The third-order valence-electron chi connectivity index (χ3n) is 5.44. The summed E-state index contributed by atoms with van der Waals surface area (Å²) in [6.07, 6.45) is 11.5. The Morgan fingerprint density at radius 1 is 0.967 bits per heavy atom. The molecule has 0 atom stereocenters. The lowest BCUT2D eigenvalue weighted by Gasteiger charge is -2.38. The number of hydrogen-bond donors (Lipinski definition) is 3. The van der Waals surface area contributed by atoms with Crippen molar-refractivity contribution >= 4 is 13.7 Å². The van der Waals surface area contributed by atoms with Crippen molar-refractivity contribution < 1.29 is 23.7 Å². The average Bonchev–Trinajstić information content (AvgIpc) is 2.64. The van der Waals surface area contributed by atoms with Crippen LogP contribution in [0, 0.1) is 0 Å². The van der Waals surface area contributed by atoms with E-state index in [0.29, 0.717) is 6.42 Å². The Balaban J connectivity index is 0.00000450. The van der Waals surface area contributed by atoms with Gasteiger partial charge in [0.1, 0.15) is 6.10 Å². The zero-order valence-corrected chi connectivity index (χ0v) is 19.2. The molecule has 1 aliphatic heterocycles. The second-order valence-electron chi connectivity index (χ2n) is 8.06. The van der Waals surface area contributed by atoms with Crippen LogP contribution in [0.25, 0.3) is 0 Å². The van der Waals surface area contributed by atoms with Gasteiger partial charge in [-0.15, -0.1) is 0 Å². The van der Waals surface area contributed by atoms with E-state index in [4.69, 9.17) is 9.79 Å². The second kappa shape index (κ2) is 13.9. The number of rotatable bonds is 14. The van der Waals surface area contributed by atoms with Crippen molar-refractivity contribution in [1.29, 1.82) is 0 Å². The van der Waals surface area contributed by atoms with Gasteiger partial charge in [-0.25, -0.2) is 4.57 Å². The number of carbonyl (C=O) groups excluding carboxylic acids is 1. The van der Waals surface area contributed by atoms with Crippen LogP contribution in [0.3, 0.4) is 0 Å². The van der Waals surface area contributed by atoms with E-state index in [0.717, 1.165) is 25.7 Å². The first-order valence-corrected chi connectivity index (χ1v) is 12.5. The van der Waals surface area contributed by atoms with E-state index < -0.39 is 13.9 Å². The summed E-state index contributed by atoms with van der Waals surface area (Å²) in [6, 6.07) is 9.06. The zero-order valence-electron chi connectivity index (χ0n) is 18.3. The Labute approximate surface area is 181 Å². The molecular formula is C22H39N2O5P. The van der Waals surface area contributed by atoms with Crippen molar-refractivity contribution in [3.63, 3.8) is 0 Å². The van der Waals surface area contributed by atoms with Gasteiger partial charge in [0.2, 0.25) is 5.91 Å². The minimum atomic E-state index is -4.45. The van der Waals surface area contributed by atoms with Gasteiger partial charge in [-0.1, -0.05) is 63.3 Å². The van der Waals surface area contributed by atoms with Crippen molar-refractivity contribution in [2.75, 3.05) is 13.1 Å². The van der Waals surface area contributed by atoms with Crippen LogP contribution in [0.4, 0.5) is 0 Å². The van der Waals surface area contributed by atoms with Gasteiger partial charge in [-0.2, -0.15) is 0 Å². The highest BCUT2D eigenvalue weighted by molar-refractivity contribution is 7.46. The Kier molecular flexibility index (Phi) is 12.5. The fraction of sp³-hybridized carbons (Fsp3) is 0.682. The minimum Gasteiger partial charge on any atom is -0.344 e. The topological polar surface area (TPSA) is 122 Å². The maximum Gasteiger partial charge on any atom is 0.469 e. The molecule has 0 radical (unpaired) electrons. The first-order chi connectivity index (χ1) is 13.9. The van der Waals surface area contributed by atoms with Crippen molar-refractivity contribution in [3.8, 4) is 0 Å². The van der Waals surface area contributed by atoms with Crippen LogP contribution in [-0.4, -0.2) is 39.8 Å². The normalized spacial score (nSPS) is 14.3. The number of unbranched alkanes of at least 4 members (excludes halogenated alkanes) is 6. The maximum absolute atomic E-state index is 12.0. The summed E-state index contributed by atoms with van der Waals surface area (Å²) in [7, 11) is -4.45. The molecule has 0 aromatic heterocycles. The summed E-state index contributed by atoms with van der Waals surface area (Å²) in [5.41, 5.74) is 2.86. The minimum absolute atomic E-state index is 0. The molecular weight excluding hydrogens is 403 g/mol. The number of hydrogen-bond acceptors (Lipinski definition) is 4. The number of amides is 1. The quantitative estimate of drug-likeness (QED) is 0.281. The van der Waals surface area contributed by atoms with Crippen LogP contribution in [0.5, 0.6) is 0 Å². The highest BCUT2D eigenvalue weighted by Crippen LogP contribution is 2.39. The summed E-state index contributed by atoms with van der Waals surface area (Å²) in [5.74, 6) is 0.0537. The molecule has 1 aromatic rings. The second-order valence-corrected chi connectivity index (χ2v) is 9.25. The smallest absolute Gasteiger partial charge is 0.344 e. The van der Waals surface area contributed by atoms with Crippen LogP contribution in [0.2, 0.25) is 0 Å². The van der Waals surface area contributed by atoms with Gasteiger partial charge in [0.15, 0.2) is 0 Å². The number of benzene rings is 1. The molecule has 0 bridgehead atoms. The van der Waals surface area contributed by atoms with Crippen LogP contribution < -0.4 is 6.15 Å². The molecule has 1 aromatic carbocycles. The number of likely N-dealkylation sites (tertiary alicyclic amines) is 1. The summed E-state index contributed by atoms with van der Waals surface area (Å²) < 4.78 is 15.3. The van der Waals surface area contributed by atoms with E-state index >= 15 is 0 Å². The molecule has 1 fully saturated rings. The molecule has 5 N–H and O–H groups in total. The predicted octanol–water partition coefficient (Wildman–Crippen LogP) is 4.78. The van der Waals surface area contributed by atoms with Gasteiger partial charge >= 0.3 is 7.82 Å². The molecule has 1 saturated heterocycles. The molecule has 7 nitrogen and oxygen atoms in total. The van der Waals surface area contributed by atoms with E-state index in [9.17, 15) is 9.36 Å². The lowest BCUT2D eigenvalue weighted by Crippen LogP contribution is -2.54. The molecule has 0 spiro atoms. The summed E-state index contributed by atoms with van der Waals surface area (Å²) in [6.45, 7) is 2.79. The lowest BCUT2D eigenvalue weighted by molar-refractivity contribution is -0.140. The number of aryl methyl sites for hydroxylation is 2. The molecule has 2 rings (SSSR count). The summed E-state index contributed by atoms with van der Waals surface area (Å²) in [4.78, 5) is 31.1. The molecule has 0 aliphatic carbocycles. The Morgan fingerprint density at radius 3 is 2.00 bits per heavy atom. The third-order valence-corrected chi connectivity index (χ3v) is 6.01. The van der Waals surface area contributed by atoms with Crippen LogP contribution in [0.15, 0.2) is 24.3 Å². The fourth-order valence-electron chi connectivity index (χ4n) is 3.63. The third kappa shape index (κ3) is 10.7. The van der Waals surface area contributed by atoms with Gasteiger partial charge < -0.3 is 20.8 Å². The van der Waals surface area contributed by atoms with E-state index in [1.807, 2.05) is 0 Å². The van der Waals surface area contributed by atoms with E-state index in [2.05, 4.69) is 35.7 Å². The molecule has 8 heteroatoms. The molecule has 1 aliphatic rings. The maximum atomic E-state index is 12.0. The highest BCUT2D eigenvalue weighted by atomic mass is 31.2. The first-order valence-electron chi connectivity index (χ1n) is 11.0. The van der Waals surface area contributed by atoms with Gasteiger partial charge in [0.25, 0.3) is 0 Å². The zero-order chi connectivity index (χ0) is 21.1. The van der Waals surface area contributed by atoms with E-state index in [-0.39, 0.29) is 25.1 Å². The van der Waals surface area contributed by atoms with Gasteiger partial charge in [0, 0.05) is 19.5 Å². The Bertz CT molecular complexity index is 656. The number of phosphoric acid groups is 1. The monoisotopic (exact) mass is 442 g/mol. The fourth-order valence-corrected chi connectivity index (χ4v) is 4.15. The van der Waals surface area contributed by atoms with Crippen molar-refractivity contribution in [3.05, 3.63) is 35.4 Å². The standard InChI is InChI=1S/C22H36NO5P.H3N/c1-2-3-10-19-13-15-20(16-14-19)11-8-6-4-5-7-9-12-22(24)23-17-21(18-23)28-29(25,26)27;/h13-16,21H,2-12,17-18H2,1H3,(H2,25,26,27);1H3. The van der Waals surface area contributed by atoms with Crippen molar-refractivity contribution in [2.24, 2.45) is 0 Å². The summed E-state index contributed by atoms with van der Waals surface area (Å²) in [5, 5.41) is 0. The molecule has 0 saturated carbocycles. The van der Waals surface area contributed by atoms with E-state index in [1.54, 1.807) is 4.90 Å². The van der Waals surface area contributed by atoms with Crippen LogP contribution >= 0.6 is 7.82 Å². The molecule has 0 unspecified atom stereocenters. The Morgan fingerprint density at radius 2 is 1.47 bits per heavy atom. The van der Waals surface area contributed by atoms with E-state index in [1.165, 1.54) is 49.7 Å². The molecule has 172 valence electrons. The van der Waals surface area contributed by atoms with Gasteiger partial charge in [-0.05, 0) is 43.2 Å². The number of carbonyl (C=O) groups is 1. The number of phosphoric ester groups is 1. The predicted molar refractivity (Wildman–Crippen MR) is 120 cm³/mol. The van der Waals surface area contributed by atoms with Crippen molar-refractivity contribution in [1.82, 2.24) is 11.1 Å². The highest BCUT2D eigenvalue weighted by Gasteiger charge is 2.35. The lowest BCUT2D eigenvalue weighted by atomic mass is 10.0. The first kappa shape index (κ1) is 26.8. The average molecular weight is 443 g/mol. The number of nitrogens with zero attached hydrogens (tertiary/aromatic N) is 1.